The number of anilines is 2. The largest absolute Gasteiger partial charge is 0.496 e. The van der Waals surface area contributed by atoms with Gasteiger partial charge in [-0.25, -0.2) is 4.98 Å². The molecule has 0 bridgehead atoms. The van der Waals surface area contributed by atoms with Gasteiger partial charge >= 0.3 is 0 Å². The first-order valence-corrected chi connectivity index (χ1v) is 8.92. The Labute approximate surface area is 157 Å². The first-order chi connectivity index (χ1) is 13.1. The van der Waals surface area contributed by atoms with E-state index in [4.69, 9.17) is 9.47 Å². The van der Waals surface area contributed by atoms with Crippen LogP contribution in [0.15, 0.2) is 36.4 Å². The van der Waals surface area contributed by atoms with Crippen molar-refractivity contribution in [1.82, 2.24) is 9.97 Å². The summed E-state index contributed by atoms with van der Waals surface area (Å²) in [4.78, 5) is 22.7. The standard InChI is InChI=1S/C20H22N4O3/c1-13-3-4-14(11-18(13)26-2)19(25)21-15-5-6-16-17(12-15)23-20(22-16)24-7-9-27-10-8-24/h3-6,11-12H,7-10H2,1-2H3,(H,21,25)(H,22,23). The van der Waals surface area contributed by atoms with Crippen molar-refractivity contribution in [1.29, 1.82) is 0 Å². The fourth-order valence-corrected chi connectivity index (χ4v) is 3.16. The number of carbonyl (C=O) groups is 1. The molecule has 1 aromatic heterocycles. The number of amides is 1. The summed E-state index contributed by atoms with van der Waals surface area (Å²) >= 11 is 0. The molecule has 2 aromatic carbocycles. The third-order valence-electron chi connectivity index (χ3n) is 4.71. The van der Waals surface area contributed by atoms with Gasteiger partial charge in [0.05, 0.1) is 31.4 Å². The Morgan fingerprint density at radius 3 is 2.81 bits per heavy atom. The van der Waals surface area contributed by atoms with Gasteiger partial charge in [-0.2, -0.15) is 0 Å². The molecule has 0 atom stereocenters. The van der Waals surface area contributed by atoms with E-state index >= 15 is 0 Å². The lowest BCUT2D eigenvalue weighted by atomic mass is 10.1. The van der Waals surface area contributed by atoms with Gasteiger partial charge < -0.3 is 24.7 Å². The van der Waals surface area contributed by atoms with Crippen molar-refractivity contribution >= 4 is 28.6 Å². The summed E-state index contributed by atoms with van der Waals surface area (Å²) in [6, 6.07) is 11.1. The van der Waals surface area contributed by atoms with Crippen LogP contribution in [0, 0.1) is 6.92 Å². The van der Waals surface area contributed by atoms with Crippen LogP contribution in [-0.4, -0.2) is 49.3 Å². The predicted octanol–water partition coefficient (Wildman–Crippen LogP) is 2.97. The molecule has 0 aliphatic carbocycles. The number of aromatic nitrogens is 2. The van der Waals surface area contributed by atoms with Crippen LogP contribution in [0.25, 0.3) is 11.0 Å². The van der Waals surface area contributed by atoms with E-state index in [-0.39, 0.29) is 5.91 Å². The average Bonchev–Trinajstić information content (AvgIpc) is 3.12. The summed E-state index contributed by atoms with van der Waals surface area (Å²) in [5.41, 5.74) is 4.01. The summed E-state index contributed by atoms with van der Waals surface area (Å²) in [5, 5.41) is 2.93. The summed E-state index contributed by atoms with van der Waals surface area (Å²) in [6.07, 6.45) is 0. The zero-order valence-electron chi connectivity index (χ0n) is 15.4. The Kier molecular flexibility index (Phi) is 4.68. The minimum absolute atomic E-state index is 0.180. The number of hydrogen-bond acceptors (Lipinski definition) is 5. The number of methoxy groups -OCH3 is 1. The van der Waals surface area contributed by atoms with E-state index in [1.165, 1.54) is 0 Å². The maximum Gasteiger partial charge on any atom is 0.255 e. The van der Waals surface area contributed by atoms with E-state index < -0.39 is 0 Å². The molecule has 7 nitrogen and oxygen atoms in total. The highest BCUT2D eigenvalue weighted by atomic mass is 16.5. The van der Waals surface area contributed by atoms with Crippen LogP contribution in [0.2, 0.25) is 0 Å². The third-order valence-corrected chi connectivity index (χ3v) is 4.71. The van der Waals surface area contributed by atoms with E-state index in [9.17, 15) is 4.79 Å². The molecule has 0 unspecified atom stereocenters. The van der Waals surface area contributed by atoms with E-state index in [0.29, 0.717) is 30.2 Å². The normalized spacial score (nSPS) is 14.4. The van der Waals surface area contributed by atoms with Crippen molar-refractivity contribution in [2.24, 2.45) is 0 Å². The first-order valence-electron chi connectivity index (χ1n) is 8.92. The Bertz CT molecular complexity index is 977. The molecule has 0 radical (unpaired) electrons. The Morgan fingerprint density at radius 2 is 2.04 bits per heavy atom. The fraction of sp³-hybridized carbons (Fsp3) is 0.300. The van der Waals surface area contributed by atoms with Crippen LogP contribution >= 0.6 is 0 Å². The van der Waals surface area contributed by atoms with Crippen molar-refractivity contribution in [3.05, 3.63) is 47.5 Å². The van der Waals surface area contributed by atoms with Crippen molar-refractivity contribution in [3.63, 3.8) is 0 Å². The maximum absolute atomic E-state index is 12.6. The monoisotopic (exact) mass is 366 g/mol. The predicted molar refractivity (Wildman–Crippen MR) is 105 cm³/mol. The highest BCUT2D eigenvalue weighted by Gasteiger charge is 2.15. The van der Waals surface area contributed by atoms with E-state index in [2.05, 4.69) is 20.2 Å². The Morgan fingerprint density at radius 1 is 1.22 bits per heavy atom. The third kappa shape index (κ3) is 3.59. The molecule has 27 heavy (non-hydrogen) atoms. The number of aromatic amines is 1. The highest BCUT2D eigenvalue weighted by Crippen LogP contribution is 2.23. The molecule has 7 heteroatoms. The summed E-state index contributed by atoms with van der Waals surface area (Å²) in [6.45, 7) is 4.99. The van der Waals surface area contributed by atoms with Gasteiger partial charge in [0.25, 0.3) is 5.91 Å². The van der Waals surface area contributed by atoms with Crippen molar-refractivity contribution < 1.29 is 14.3 Å². The number of carbonyl (C=O) groups excluding carboxylic acids is 1. The molecule has 1 fully saturated rings. The number of aryl methyl sites for hydroxylation is 1. The van der Waals surface area contributed by atoms with Gasteiger partial charge in [-0.3, -0.25) is 4.79 Å². The number of morpholine rings is 1. The van der Waals surface area contributed by atoms with Gasteiger partial charge in [0.2, 0.25) is 5.95 Å². The summed E-state index contributed by atoms with van der Waals surface area (Å²) < 4.78 is 10.7. The molecule has 4 rings (SSSR count). The lowest BCUT2D eigenvalue weighted by Gasteiger charge is -2.26. The SMILES string of the molecule is COc1cc(C(=O)Nc2ccc3nc(N4CCOCC4)[nH]c3c2)ccc1C. The summed E-state index contributed by atoms with van der Waals surface area (Å²) in [7, 11) is 1.60. The smallest absolute Gasteiger partial charge is 0.255 e. The topological polar surface area (TPSA) is 79.5 Å². The number of imidazole rings is 1. The fourth-order valence-electron chi connectivity index (χ4n) is 3.16. The molecule has 0 spiro atoms. The highest BCUT2D eigenvalue weighted by molar-refractivity contribution is 6.05. The average molecular weight is 366 g/mol. The second kappa shape index (κ2) is 7.28. The number of benzene rings is 2. The first kappa shape index (κ1) is 17.4. The number of ether oxygens (including phenoxy) is 2. The number of nitrogens with one attached hydrogen (secondary N) is 2. The van der Waals surface area contributed by atoms with Crippen molar-refractivity contribution in [2.45, 2.75) is 6.92 Å². The molecule has 1 amide bonds. The zero-order valence-corrected chi connectivity index (χ0v) is 15.4. The number of hydrogen-bond donors (Lipinski definition) is 2. The van der Waals surface area contributed by atoms with Crippen LogP contribution < -0.4 is 15.0 Å². The molecule has 1 aliphatic heterocycles. The zero-order chi connectivity index (χ0) is 18.8. The van der Waals surface area contributed by atoms with Crippen LogP contribution in [-0.2, 0) is 4.74 Å². The molecule has 1 aliphatic rings. The molecule has 3 aromatic rings. The summed E-state index contributed by atoms with van der Waals surface area (Å²) in [5.74, 6) is 1.35. The number of H-pyrrole nitrogens is 1. The van der Waals surface area contributed by atoms with E-state index in [1.807, 2.05) is 31.2 Å². The van der Waals surface area contributed by atoms with Crippen LogP contribution in [0.4, 0.5) is 11.6 Å². The Balaban J connectivity index is 1.54. The molecule has 2 heterocycles. The second-order valence-electron chi connectivity index (χ2n) is 6.53. The minimum atomic E-state index is -0.180. The van der Waals surface area contributed by atoms with Crippen LogP contribution in [0.5, 0.6) is 5.75 Å². The van der Waals surface area contributed by atoms with Gasteiger partial charge in [0.1, 0.15) is 5.75 Å². The Hall–Kier alpha value is -3.06. The van der Waals surface area contributed by atoms with Crippen LogP contribution in [0.3, 0.4) is 0 Å². The van der Waals surface area contributed by atoms with Gasteiger partial charge in [-0.1, -0.05) is 6.07 Å². The van der Waals surface area contributed by atoms with Crippen LogP contribution in [0.1, 0.15) is 15.9 Å². The van der Waals surface area contributed by atoms with E-state index in [0.717, 1.165) is 35.6 Å². The number of nitrogens with zero attached hydrogens (tertiary/aromatic N) is 2. The van der Waals surface area contributed by atoms with Gasteiger partial charge in [-0.15, -0.1) is 0 Å². The van der Waals surface area contributed by atoms with Crippen molar-refractivity contribution in [3.8, 4) is 5.75 Å². The molecule has 1 saturated heterocycles. The van der Waals surface area contributed by atoms with Gasteiger partial charge in [0, 0.05) is 24.3 Å². The second-order valence-corrected chi connectivity index (χ2v) is 6.53. The molecular formula is C20H22N4O3. The molecule has 140 valence electrons. The maximum atomic E-state index is 12.6. The van der Waals surface area contributed by atoms with E-state index in [1.54, 1.807) is 19.2 Å². The quantitative estimate of drug-likeness (QED) is 0.742. The molecule has 2 N–H and O–H groups in total. The number of rotatable bonds is 4. The van der Waals surface area contributed by atoms with Gasteiger partial charge in [-0.05, 0) is 42.8 Å². The minimum Gasteiger partial charge on any atom is -0.496 e. The molecular weight excluding hydrogens is 344 g/mol. The lowest BCUT2D eigenvalue weighted by Crippen LogP contribution is -2.36. The van der Waals surface area contributed by atoms with Crippen molar-refractivity contribution in [2.75, 3.05) is 43.6 Å². The lowest BCUT2D eigenvalue weighted by molar-refractivity contribution is 0.102. The van der Waals surface area contributed by atoms with Gasteiger partial charge in [0.15, 0.2) is 0 Å². The number of fused-ring (bicyclic) bond motifs is 1. The molecule has 0 saturated carbocycles.